The van der Waals surface area contributed by atoms with E-state index in [0.717, 1.165) is 41.9 Å². The molecule has 150 valence electrons. The predicted molar refractivity (Wildman–Crippen MR) is 110 cm³/mol. The zero-order valence-electron chi connectivity index (χ0n) is 17.3. The zero-order valence-corrected chi connectivity index (χ0v) is 17.3. The number of benzene rings is 1. The Bertz CT molecular complexity index is 623. The fraction of sp³-hybridized carbons (Fsp3) is 0.760. The molecule has 1 nitrogen and oxygen atoms in total. The van der Waals surface area contributed by atoms with E-state index in [2.05, 4.69) is 6.92 Å². The number of ether oxygens (including phenoxy) is 1. The summed E-state index contributed by atoms with van der Waals surface area (Å²) in [6, 6.07) is 3.60. The van der Waals surface area contributed by atoms with Gasteiger partial charge in [0, 0.05) is 6.07 Å². The van der Waals surface area contributed by atoms with Crippen molar-refractivity contribution in [2.75, 3.05) is 0 Å². The molecule has 4 rings (SSSR count). The van der Waals surface area contributed by atoms with Gasteiger partial charge in [-0.25, -0.2) is 4.39 Å². The molecule has 0 saturated heterocycles. The highest BCUT2D eigenvalue weighted by molar-refractivity contribution is 5.39. The summed E-state index contributed by atoms with van der Waals surface area (Å²) in [4.78, 5) is 0. The van der Waals surface area contributed by atoms with E-state index in [-0.39, 0.29) is 5.82 Å². The number of hydrogen-bond donors (Lipinski definition) is 0. The molecule has 1 atom stereocenters. The molecule has 3 aliphatic rings. The minimum atomic E-state index is -0.128. The van der Waals surface area contributed by atoms with Crippen molar-refractivity contribution >= 4 is 0 Å². The minimum Gasteiger partial charge on any atom is -0.490 e. The van der Waals surface area contributed by atoms with Gasteiger partial charge in [0.25, 0.3) is 0 Å². The Morgan fingerprint density at radius 3 is 2.19 bits per heavy atom. The molecule has 2 aliphatic carbocycles. The van der Waals surface area contributed by atoms with Crippen LogP contribution in [0.4, 0.5) is 4.39 Å². The number of rotatable bonds is 4. The van der Waals surface area contributed by atoms with E-state index in [1.54, 1.807) is 6.07 Å². The highest BCUT2D eigenvalue weighted by atomic mass is 19.1. The fourth-order valence-corrected chi connectivity index (χ4v) is 6.22. The average Bonchev–Trinajstić information content (AvgIpc) is 2.70. The van der Waals surface area contributed by atoms with Crippen LogP contribution in [-0.2, 0) is 6.42 Å². The van der Waals surface area contributed by atoms with Crippen LogP contribution in [0.2, 0.25) is 0 Å². The first-order valence-corrected chi connectivity index (χ1v) is 11.6. The maximum Gasteiger partial charge on any atom is 0.129 e. The highest BCUT2D eigenvalue weighted by Gasteiger charge is 2.35. The van der Waals surface area contributed by atoms with Crippen LogP contribution >= 0.6 is 0 Å². The molecular formula is C25H37FO. The average molecular weight is 373 g/mol. The van der Waals surface area contributed by atoms with Crippen LogP contribution in [0.25, 0.3) is 0 Å². The first-order chi connectivity index (χ1) is 13.1. The summed E-state index contributed by atoms with van der Waals surface area (Å²) in [6.07, 6.45) is 16.6. The summed E-state index contributed by atoms with van der Waals surface area (Å²) in [5.74, 6) is 4.32. The maximum absolute atomic E-state index is 13.9. The number of fused-ring (bicyclic) bond motifs is 1. The van der Waals surface area contributed by atoms with Gasteiger partial charge < -0.3 is 4.74 Å². The van der Waals surface area contributed by atoms with Gasteiger partial charge in [-0.3, -0.25) is 0 Å². The molecule has 0 spiro atoms. The molecule has 1 aromatic carbocycles. The third-order valence-corrected chi connectivity index (χ3v) is 7.92. The van der Waals surface area contributed by atoms with Crippen LogP contribution in [0, 0.1) is 36.4 Å². The topological polar surface area (TPSA) is 9.23 Å². The molecule has 0 N–H and O–H groups in total. The Morgan fingerprint density at radius 2 is 1.52 bits per heavy atom. The standard InChI is InChI=1S/C25H37FO/c1-3-4-18-5-7-19(8-6-18)20-9-11-21(12-10-20)24-14-13-22-15-17(2)23(26)16-25(22)27-24/h15-16,18-21,24H,3-14H2,1-2H3. The van der Waals surface area contributed by atoms with Gasteiger partial charge in [-0.1, -0.05) is 32.6 Å². The van der Waals surface area contributed by atoms with Gasteiger partial charge >= 0.3 is 0 Å². The van der Waals surface area contributed by atoms with E-state index in [9.17, 15) is 4.39 Å². The molecule has 1 heterocycles. The molecule has 1 aliphatic heterocycles. The monoisotopic (exact) mass is 372 g/mol. The number of aryl methyl sites for hydroxylation is 2. The molecule has 1 unspecified atom stereocenters. The van der Waals surface area contributed by atoms with Crippen molar-refractivity contribution in [1.29, 1.82) is 0 Å². The minimum absolute atomic E-state index is 0.128. The van der Waals surface area contributed by atoms with E-state index >= 15 is 0 Å². The van der Waals surface area contributed by atoms with E-state index in [4.69, 9.17) is 4.74 Å². The Labute approximate surface area is 165 Å². The summed E-state index contributed by atoms with van der Waals surface area (Å²) < 4.78 is 20.2. The Balaban J connectivity index is 1.28. The van der Waals surface area contributed by atoms with Crippen LogP contribution < -0.4 is 4.74 Å². The van der Waals surface area contributed by atoms with Crippen LogP contribution in [0.5, 0.6) is 5.75 Å². The van der Waals surface area contributed by atoms with Gasteiger partial charge in [-0.05, 0) is 99.2 Å². The van der Waals surface area contributed by atoms with Crippen LogP contribution in [0.1, 0.15) is 88.7 Å². The van der Waals surface area contributed by atoms with Crippen molar-refractivity contribution in [1.82, 2.24) is 0 Å². The molecule has 2 heteroatoms. The van der Waals surface area contributed by atoms with Crippen LogP contribution in [-0.4, -0.2) is 6.10 Å². The second-order valence-electron chi connectivity index (χ2n) is 9.65. The van der Waals surface area contributed by atoms with Gasteiger partial charge in [0.2, 0.25) is 0 Å². The van der Waals surface area contributed by atoms with Crippen molar-refractivity contribution in [3.63, 3.8) is 0 Å². The van der Waals surface area contributed by atoms with Gasteiger partial charge in [0.15, 0.2) is 0 Å². The van der Waals surface area contributed by atoms with Crippen molar-refractivity contribution in [2.24, 2.45) is 23.7 Å². The lowest BCUT2D eigenvalue weighted by atomic mass is 9.67. The lowest BCUT2D eigenvalue weighted by molar-refractivity contribution is 0.0596. The summed E-state index contributed by atoms with van der Waals surface area (Å²) in [5.41, 5.74) is 1.94. The second-order valence-corrected chi connectivity index (χ2v) is 9.65. The predicted octanol–water partition coefficient (Wildman–Crippen LogP) is 7.24. The largest absolute Gasteiger partial charge is 0.490 e. The molecule has 2 saturated carbocycles. The molecule has 0 amide bonds. The SMILES string of the molecule is CCCC1CCC(C2CCC(C3CCc4cc(C)c(F)cc4O3)CC2)CC1. The highest BCUT2D eigenvalue weighted by Crippen LogP contribution is 2.44. The first-order valence-electron chi connectivity index (χ1n) is 11.6. The molecular weight excluding hydrogens is 335 g/mol. The molecule has 0 radical (unpaired) electrons. The zero-order chi connectivity index (χ0) is 18.8. The van der Waals surface area contributed by atoms with Crippen molar-refractivity contribution in [3.8, 4) is 5.75 Å². The summed E-state index contributed by atoms with van der Waals surface area (Å²) >= 11 is 0. The third-order valence-electron chi connectivity index (χ3n) is 7.92. The van der Waals surface area contributed by atoms with Crippen molar-refractivity contribution < 1.29 is 9.13 Å². The molecule has 2 fully saturated rings. The maximum atomic E-state index is 13.9. The summed E-state index contributed by atoms with van der Waals surface area (Å²) in [6.45, 7) is 4.17. The fourth-order valence-electron chi connectivity index (χ4n) is 6.22. The van der Waals surface area contributed by atoms with Crippen LogP contribution in [0.15, 0.2) is 12.1 Å². The number of halogens is 1. The Hall–Kier alpha value is -1.05. The lowest BCUT2D eigenvalue weighted by Gasteiger charge is -2.40. The second kappa shape index (κ2) is 8.53. The van der Waals surface area contributed by atoms with Crippen molar-refractivity contribution in [3.05, 3.63) is 29.1 Å². The molecule has 27 heavy (non-hydrogen) atoms. The van der Waals surface area contributed by atoms with Gasteiger partial charge in [0.1, 0.15) is 17.7 Å². The Morgan fingerprint density at radius 1 is 0.889 bits per heavy atom. The van der Waals surface area contributed by atoms with E-state index in [1.165, 1.54) is 69.8 Å². The molecule has 0 aromatic heterocycles. The third kappa shape index (κ3) is 4.35. The van der Waals surface area contributed by atoms with E-state index in [0.29, 0.717) is 12.0 Å². The first kappa shape index (κ1) is 19.3. The number of hydrogen-bond acceptors (Lipinski definition) is 1. The quantitative estimate of drug-likeness (QED) is 0.541. The lowest BCUT2D eigenvalue weighted by Crippen LogP contribution is -2.35. The van der Waals surface area contributed by atoms with E-state index in [1.807, 2.05) is 13.0 Å². The normalized spacial score (nSPS) is 34.0. The van der Waals surface area contributed by atoms with Crippen molar-refractivity contribution in [2.45, 2.75) is 97.0 Å². The molecule has 1 aromatic rings. The Kier molecular flexibility index (Phi) is 6.09. The van der Waals surface area contributed by atoms with Gasteiger partial charge in [-0.15, -0.1) is 0 Å². The van der Waals surface area contributed by atoms with Crippen LogP contribution in [0.3, 0.4) is 0 Å². The molecule has 0 bridgehead atoms. The van der Waals surface area contributed by atoms with E-state index < -0.39 is 0 Å². The van der Waals surface area contributed by atoms with Gasteiger partial charge in [-0.2, -0.15) is 0 Å². The van der Waals surface area contributed by atoms with Gasteiger partial charge in [0.05, 0.1) is 0 Å². The summed E-state index contributed by atoms with van der Waals surface area (Å²) in [7, 11) is 0. The smallest absolute Gasteiger partial charge is 0.129 e. The summed E-state index contributed by atoms with van der Waals surface area (Å²) in [5, 5.41) is 0.